The molecule has 35 heavy (non-hydrogen) atoms. The molecule has 2 unspecified atom stereocenters. The number of para-hydroxylation sites is 1. The van der Waals surface area contributed by atoms with E-state index in [0.717, 1.165) is 49.2 Å². The summed E-state index contributed by atoms with van der Waals surface area (Å²) in [6.07, 6.45) is 4.15. The van der Waals surface area contributed by atoms with Crippen molar-refractivity contribution in [2.45, 2.75) is 51.6 Å². The molecule has 3 heterocycles. The quantitative estimate of drug-likeness (QED) is 0.404. The Morgan fingerprint density at radius 1 is 1.26 bits per heavy atom. The van der Waals surface area contributed by atoms with Crippen LogP contribution in [0.5, 0.6) is 5.75 Å². The molecule has 1 saturated heterocycles. The zero-order valence-electron chi connectivity index (χ0n) is 21.2. The van der Waals surface area contributed by atoms with Gasteiger partial charge in [0.15, 0.2) is 5.82 Å². The van der Waals surface area contributed by atoms with E-state index < -0.39 is 0 Å². The minimum Gasteiger partial charge on any atom is -0.494 e. The number of aromatic nitrogens is 5. The molecule has 0 aliphatic carbocycles. The Hall–Kier alpha value is -2.98. The summed E-state index contributed by atoms with van der Waals surface area (Å²) in [6.45, 7) is 7.86. The van der Waals surface area contributed by atoms with Gasteiger partial charge < -0.3 is 24.3 Å². The molecule has 4 rings (SSSR count). The number of unbranched alkanes of at least 4 members (excludes halogenated alkanes) is 1. The molecule has 1 fully saturated rings. The first-order chi connectivity index (χ1) is 17.0. The number of amides is 1. The van der Waals surface area contributed by atoms with Crippen LogP contribution >= 0.6 is 0 Å². The summed E-state index contributed by atoms with van der Waals surface area (Å²) in [5.41, 5.74) is 1.63. The van der Waals surface area contributed by atoms with E-state index in [0.29, 0.717) is 37.2 Å². The van der Waals surface area contributed by atoms with E-state index in [2.05, 4.69) is 34.3 Å². The van der Waals surface area contributed by atoms with Crippen LogP contribution in [0.2, 0.25) is 0 Å². The molecule has 2 atom stereocenters. The SMILES string of the molecule is COCCCCn1c(C(=O)N(CC(C)C)C2CNCC(c3ncn[nH]3)C2)nc2c(OC)cccc21. The van der Waals surface area contributed by atoms with Gasteiger partial charge in [0.05, 0.1) is 12.6 Å². The molecule has 10 heteroatoms. The molecule has 2 N–H and O–H groups in total. The van der Waals surface area contributed by atoms with Gasteiger partial charge >= 0.3 is 0 Å². The number of ether oxygens (including phenoxy) is 2. The number of nitrogens with one attached hydrogen (secondary N) is 2. The molecule has 0 saturated carbocycles. The molecule has 0 radical (unpaired) electrons. The van der Waals surface area contributed by atoms with Gasteiger partial charge in [0.1, 0.15) is 23.4 Å². The van der Waals surface area contributed by atoms with Crippen molar-refractivity contribution in [2.75, 3.05) is 40.5 Å². The number of hydrogen-bond donors (Lipinski definition) is 2. The third-order valence-electron chi connectivity index (χ3n) is 6.54. The third kappa shape index (κ3) is 5.65. The zero-order chi connectivity index (χ0) is 24.8. The maximum absolute atomic E-state index is 14.2. The number of carbonyl (C=O) groups is 1. The Kier molecular flexibility index (Phi) is 8.35. The molecular formula is C25H37N7O3. The number of methoxy groups -OCH3 is 2. The Morgan fingerprint density at radius 2 is 2.11 bits per heavy atom. The van der Waals surface area contributed by atoms with E-state index in [-0.39, 0.29) is 17.9 Å². The van der Waals surface area contributed by atoms with Crippen LogP contribution in [0, 0.1) is 5.92 Å². The molecule has 3 aromatic rings. The summed E-state index contributed by atoms with van der Waals surface area (Å²) in [5, 5.41) is 10.5. The van der Waals surface area contributed by atoms with E-state index in [4.69, 9.17) is 14.5 Å². The van der Waals surface area contributed by atoms with Crippen LogP contribution in [-0.4, -0.2) is 82.0 Å². The molecule has 1 aliphatic heterocycles. The number of nitrogens with zero attached hydrogens (tertiary/aromatic N) is 5. The van der Waals surface area contributed by atoms with Crippen molar-refractivity contribution in [2.24, 2.45) is 5.92 Å². The molecule has 0 spiro atoms. The van der Waals surface area contributed by atoms with Gasteiger partial charge in [-0.3, -0.25) is 9.89 Å². The third-order valence-corrected chi connectivity index (χ3v) is 6.54. The number of imidazole rings is 1. The molecule has 2 aromatic heterocycles. The second-order valence-corrected chi connectivity index (χ2v) is 9.58. The van der Waals surface area contributed by atoms with Crippen LogP contribution in [0.15, 0.2) is 24.5 Å². The zero-order valence-corrected chi connectivity index (χ0v) is 21.2. The number of rotatable bonds is 11. The highest BCUT2D eigenvalue weighted by Crippen LogP contribution is 2.29. The minimum absolute atomic E-state index is 0.0254. The summed E-state index contributed by atoms with van der Waals surface area (Å²) in [5.74, 6) is 2.44. The van der Waals surface area contributed by atoms with Gasteiger partial charge in [0.2, 0.25) is 0 Å². The molecular weight excluding hydrogens is 446 g/mol. The lowest BCUT2D eigenvalue weighted by molar-refractivity contribution is 0.0590. The first kappa shape index (κ1) is 25.1. The molecule has 190 valence electrons. The van der Waals surface area contributed by atoms with Crippen molar-refractivity contribution in [3.8, 4) is 5.75 Å². The van der Waals surface area contributed by atoms with E-state index in [9.17, 15) is 4.79 Å². The number of aromatic amines is 1. The van der Waals surface area contributed by atoms with Gasteiger partial charge in [-0.1, -0.05) is 19.9 Å². The van der Waals surface area contributed by atoms with Crippen molar-refractivity contribution >= 4 is 16.9 Å². The first-order valence-electron chi connectivity index (χ1n) is 12.4. The lowest BCUT2D eigenvalue weighted by Crippen LogP contribution is -2.52. The van der Waals surface area contributed by atoms with Crippen LogP contribution in [-0.2, 0) is 11.3 Å². The lowest BCUT2D eigenvalue weighted by Gasteiger charge is -2.38. The van der Waals surface area contributed by atoms with Gasteiger partial charge in [-0.2, -0.15) is 5.10 Å². The van der Waals surface area contributed by atoms with Crippen LogP contribution in [0.3, 0.4) is 0 Å². The highest BCUT2D eigenvalue weighted by Gasteiger charge is 2.34. The summed E-state index contributed by atoms with van der Waals surface area (Å²) in [6, 6.07) is 5.86. The normalized spacial score (nSPS) is 18.3. The largest absolute Gasteiger partial charge is 0.494 e. The average Bonchev–Trinajstić information content (AvgIpc) is 3.53. The molecule has 10 nitrogen and oxygen atoms in total. The maximum atomic E-state index is 14.2. The summed E-state index contributed by atoms with van der Waals surface area (Å²) >= 11 is 0. The minimum atomic E-state index is -0.0475. The number of hydrogen-bond acceptors (Lipinski definition) is 7. The van der Waals surface area contributed by atoms with Crippen LogP contribution in [0.1, 0.15) is 55.5 Å². The second-order valence-electron chi connectivity index (χ2n) is 9.58. The number of aryl methyl sites for hydroxylation is 1. The Balaban J connectivity index is 1.67. The van der Waals surface area contributed by atoms with Crippen molar-refractivity contribution < 1.29 is 14.3 Å². The predicted molar refractivity (Wildman–Crippen MR) is 134 cm³/mol. The van der Waals surface area contributed by atoms with Crippen molar-refractivity contribution in [3.63, 3.8) is 0 Å². The number of piperidine rings is 1. The molecule has 1 amide bonds. The van der Waals surface area contributed by atoms with E-state index in [1.54, 1.807) is 14.2 Å². The summed E-state index contributed by atoms with van der Waals surface area (Å²) < 4.78 is 12.8. The number of H-pyrrole nitrogens is 1. The Bertz CT molecular complexity index is 1100. The number of carbonyl (C=O) groups excluding carboxylic acids is 1. The fourth-order valence-electron chi connectivity index (χ4n) is 4.89. The van der Waals surface area contributed by atoms with Gasteiger partial charge in [-0.05, 0) is 37.3 Å². The Morgan fingerprint density at radius 3 is 2.83 bits per heavy atom. The van der Waals surface area contributed by atoms with Gasteiger partial charge in [0, 0.05) is 51.9 Å². The second kappa shape index (κ2) is 11.6. The fraction of sp³-hybridized carbons (Fsp3) is 0.600. The van der Waals surface area contributed by atoms with E-state index in [1.165, 1.54) is 6.33 Å². The topological polar surface area (TPSA) is 110 Å². The molecule has 1 aromatic carbocycles. The number of fused-ring (bicyclic) bond motifs is 1. The molecule has 0 bridgehead atoms. The van der Waals surface area contributed by atoms with E-state index in [1.807, 2.05) is 27.7 Å². The summed E-state index contributed by atoms with van der Waals surface area (Å²) in [7, 11) is 3.34. The Labute approximate surface area is 206 Å². The van der Waals surface area contributed by atoms with Gasteiger partial charge in [-0.25, -0.2) is 9.97 Å². The highest BCUT2D eigenvalue weighted by atomic mass is 16.5. The monoisotopic (exact) mass is 483 g/mol. The number of benzene rings is 1. The standard InChI is InChI=1S/C25H37N7O3/c1-17(2)15-32(19-12-18(13-26-14-19)23-27-16-28-30-23)25(33)24-29-22-20(8-7-9-21(22)35-4)31(24)10-5-6-11-34-3/h7-9,16-19,26H,5-6,10-15H2,1-4H3,(H,27,28,30). The van der Waals surface area contributed by atoms with Crippen molar-refractivity contribution in [1.29, 1.82) is 0 Å². The van der Waals surface area contributed by atoms with Crippen molar-refractivity contribution in [3.05, 3.63) is 36.2 Å². The van der Waals surface area contributed by atoms with Crippen LogP contribution in [0.25, 0.3) is 11.0 Å². The fourth-order valence-corrected chi connectivity index (χ4v) is 4.89. The molecule has 1 aliphatic rings. The predicted octanol–water partition coefficient (Wildman–Crippen LogP) is 2.83. The smallest absolute Gasteiger partial charge is 0.290 e. The van der Waals surface area contributed by atoms with Crippen LogP contribution in [0.4, 0.5) is 0 Å². The van der Waals surface area contributed by atoms with Gasteiger partial charge in [0.25, 0.3) is 5.91 Å². The summed E-state index contributed by atoms with van der Waals surface area (Å²) in [4.78, 5) is 25.4. The average molecular weight is 484 g/mol. The van der Waals surface area contributed by atoms with E-state index >= 15 is 0 Å². The van der Waals surface area contributed by atoms with Crippen molar-refractivity contribution in [1.82, 2.24) is 34.9 Å². The van der Waals surface area contributed by atoms with Crippen LogP contribution < -0.4 is 10.1 Å². The highest BCUT2D eigenvalue weighted by molar-refractivity contribution is 5.96. The van der Waals surface area contributed by atoms with Gasteiger partial charge in [-0.15, -0.1) is 0 Å². The maximum Gasteiger partial charge on any atom is 0.290 e. The lowest BCUT2D eigenvalue weighted by atomic mass is 9.93. The first-order valence-corrected chi connectivity index (χ1v) is 12.4.